The highest BCUT2D eigenvalue weighted by Gasteiger charge is 2.40. The number of benzene rings is 3. The van der Waals surface area contributed by atoms with Crippen molar-refractivity contribution in [3.05, 3.63) is 108 Å². The smallest absolute Gasteiger partial charge is 0.307 e. The summed E-state index contributed by atoms with van der Waals surface area (Å²) < 4.78 is 6.36. The summed E-state index contributed by atoms with van der Waals surface area (Å²) in [6.07, 6.45) is 5.97. The molecule has 0 amide bonds. The predicted octanol–water partition coefficient (Wildman–Crippen LogP) is 6.88. The molecular formula is C27H30O2. The van der Waals surface area contributed by atoms with Crippen LogP contribution in [0.5, 0.6) is 0 Å². The molecule has 0 spiro atoms. The van der Waals surface area contributed by atoms with Crippen molar-refractivity contribution in [3.8, 4) is 0 Å². The van der Waals surface area contributed by atoms with Crippen molar-refractivity contribution in [1.29, 1.82) is 0 Å². The van der Waals surface area contributed by atoms with E-state index in [2.05, 4.69) is 6.92 Å². The van der Waals surface area contributed by atoms with E-state index in [0.717, 1.165) is 29.5 Å². The van der Waals surface area contributed by atoms with Gasteiger partial charge in [-0.25, -0.2) is 0 Å². The van der Waals surface area contributed by atoms with Gasteiger partial charge in [0.15, 0.2) is 5.60 Å². The van der Waals surface area contributed by atoms with E-state index in [0.29, 0.717) is 6.42 Å². The van der Waals surface area contributed by atoms with Crippen LogP contribution in [0.1, 0.15) is 62.1 Å². The van der Waals surface area contributed by atoms with Crippen molar-refractivity contribution in [2.45, 2.75) is 51.0 Å². The molecule has 0 unspecified atom stereocenters. The van der Waals surface area contributed by atoms with Gasteiger partial charge in [0, 0.05) is 23.1 Å². The third-order valence-electron chi connectivity index (χ3n) is 5.29. The van der Waals surface area contributed by atoms with Gasteiger partial charge in [0.2, 0.25) is 0 Å². The number of rotatable bonds is 10. The molecule has 0 bridgehead atoms. The Bertz CT molecular complexity index is 760. The Morgan fingerprint density at radius 2 is 1.07 bits per heavy atom. The van der Waals surface area contributed by atoms with Crippen molar-refractivity contribution >= 4 is 5.97 Å². The molecule has 0 saturated heterocycles. The van der Waals surface area contributed by atoms with Crippen molar-refractivity contribution < 1.29 is 9.53 Å². The summed E-state index contributed by atoms with van der Waals surface area (Å²) in [5.41, 5.74) is 1.91. The molecule has 0 fully saturated rings. The molecule has 2 nitrogen and oxygen atoms in total. The molecule has 0 N–H and O–H groups in total. The minimum Gasteiger partial charge on any atom is -0.444 e. The highest BCUT2D eigenvalue weighted by molar-refractivity contribution is 5.71. The van der Waals surface area contributed by atoms with Gasteiger partial charge in [0.25, 0.3) is 0 Å². The van der Waals surface area contributed by atoms with E-state index in [1.54, 1.807) is 0 Å². The standard InChI is InChI=1S/C27H30O2/c1-2-3-4-5-15-22-26(28)29-27(23-16-9-6-10-17-23,24-18-11-7-12-19-24)25-20-13-8-14-21-25/h6-14,16-21H,2-5,15,22H2,1H3. The molecular weight excluding hydrogens is 356 g/mol. The number of unbranched alkanes of at least 4 members (excludes halogenated alkanes) is 4. The van der Waals surface area contributed by atoms with Crippen LogP contribution in [0.4, 0.5) is 0 Å². The van der Waals surface area contributed by atoms with Gasteiger partial charge in [0.1, 0.15) is 0 Å². The number of carbonyl (C=O) groups is 1. The van der Waals surface area contributed by atoms with Crippen LogP contribution in [0.25, 0.3) is 0 Å². The average Bonchev–Trinajstić information content (AvgIpc) is 2.79. The molecule has 3 aromatic rings. The summed E-state index contributed by atoms with van der Waals surface area (Å²) in [6, 6.07) is 30.1. The second-order valence-electron chi connectivity index (χ2n) is 7.42. The van der Waals surface area contributed by atoms with E-state index in [1.807, 2.05) is 91.0 Å². The van der Waals surface area contributed by atoms with Gasteiger partial charge < -0.3 is 4.74 Å². The Hall–Kier alpha value is -2.87. The Balaban J connectivity index is 1.98. The van der Waals surface area contributed by atoms with E-state index in [-0.39, 0.29) is 5.97 Å². The van der Waals surface area contributed by atoms with E-state index in [9.17, 15) is 4.79 Å². The lowest BCUT2D eigenvalue weighted by Crippen LogP contribution is -2.35. The quantitative estimate of drug-likeness (QED) is 0.216. The molecule has 0 aliphatic heterocycles. The Kier molecular flexibility index (Phi) is 7.63. The zero-order valence-corrected chi connectivity index (χ0v) is 17.2. The number of ether oxygens (including phenoxy) is 1. The van der Waals surface area contributed by atoms with E-state index < -0.39 is 5.60 Å². The highest BCUT2D eigenvalue weighted by Crippen LogP contribution is 2.40. The van der Waals surface area contributed by atoms with Crippen LogP contribution in [0.2, 0.25) is 0 Å². The Morgan fingerprint density at radius 1 is 0.655 bits per heavy atom. The number of carbonyl (C=O) groups excluding carboxylic acids is 1. The van der Waals surface area contributed by atoms with E-state index in [4.69, 9.17) is 4.74 Å². The van der Waals surface area contributed by atoms with Crippen LogP contribution >= 0.6 is 0 Å². The molecule has 29 heavy (non-hydrogen) atoms. The van der Waals surface area contributed by atoms with Gasteiger partial charge in [-0.3, -0.25) is 4.79 Å². The molecule has 3 aromatic carbocycles. The first-order chi connectivity index (χ1) is 14.3. The first-order valence-corrected chi connectivity index (χ1v) is 10.7. The third kappa shape index (κ3) is 5.14. The monoisotopic (exact) mass is 386 g/mol. The van der Waals surface area contributed by atoms with Crippen molar-refractivity contribution in [1.82, 2.24) is 0 Å². The average molecular weight is 387 g/mol. The second-order valence-corrected chi connectivity index (χ2v) is 7.42. The van der Waals surface area contributed by atoms with Crippen molar-refractivity contribution in [3.63, 3.8) is 0 Å². The van der Waals surface area contributed by atoms with Crippen LogP contribution in [-0.4, -0.2) is 5.97 Å². The third-order valence-corrected chi connectivity index (χ3v) is 5.29. The first-order valence-electron chi connectivity index (χ1n) is 10.7. The summed E-state index contributed by atoms with van der Waals surface area (Å²) in [5.74, 6) is -0.155. The lowest BCUT2D eigenvalue weighted by atomic mass is 9.80. The van der Waals surface area contributed by atoms with Crippen molar-refractivity contribution in [2.24, 2.45) is 0 Å². The summed E-state index contributed by atoms with van der Waals surface area (Å²) >= 11 is 0. The molecule has 2 heteroatoms. The minimum absolute atomic E-state index is 0.155. The molecule has 0 aliphatic rings. The highest BCUT2D eigenvalue weighted by atomic mass is 16.6. The van der Waals surface area contributed by atoms with Gasteiger partial charge >= 0.3 is 5.97 Å². The fourth-order valence-electron chi connectivity index (χ4n) is 3.79. The molecule has 3 rings (SSSR count). The molecule has 150 valence electrons. The molecule has 0 aliphatic carbocycles. The largest absolute Gasteiger partial charge is 0.444 e. The minimum atomic E-state index is -0.954. The van der Waals surface area contributed by atoms with Crippen LogP contribution in [0, 0.1) is 0 Å². The molecule has 0 atom stereocenters. The van der Waals surface area contributed by atoms with Gasteiger partial charge in [-0.2, -0.15) is 0 Å². The fourth-order valence-corrected chi connectivity index (χ4v) is 3.79. The van der Waals surface area contributed by atoms with Crippen LogP contribution < -0.4 is 0 Å². The lowest BCUT2D eigenvalue weighted by Gasteiger charge is -2.35. The predicted molar refractivity (Wildman–Crippen MR) is 119 cm³/mol. The van der Waals surface area contributed by atoms with Crippen LogP contribution in [-0.2, 0) is 15.1 Å². The van der Waals surface area contributed by atoms with Gasteiger partial charge in [-0.15, -0.1) is 0 Å². The second kappa shape index (κ2) is 10.6. The Morgan fingerprint density at radius 3 is 1.48 bits per heavy atom. The fraction of sp³-hybridized carbons (Fsp3) is 0.296. The summed E-state index contributed by atoms with van der Waals surface area (Å²) in [5, 5.41) is 0. The van der Waals surface area contributed by atoms with Crippen LogP contribution in [0.15, 0.2) is 91.0 Å². The molecule has 0 radical (unpaired) electrons. The zero-order valence-electron chi connectivity index (χ0n) is 17.2. The maximum atomic E-state index is 13.0. The van der Waals surface area contributed by atoms with E-state index in [1.165, 1.54) is 19.3 Å². The number of esters is 1. The Labute approximate surface area is 174 Å². The van der Waals surface area contributed by atoms with Gasteiger partial charge in [-0.1, -0.05) is 124 Å². The van der Waals surface area contributed by atoms with Crippen LogP contribution in [0.3, 0.4) is 0 Å². The van der Waals surface area contributed by atoms with Crippen molar-refractivity contribution in [2.75, 3.05) is 0 Å². The van der Waals surface area contributed by atoms with E-state index >= 15 is 0 Å². The molecule has 0 saturated carbocycles. The normalized spacial score (nSPS) is 11.2. The summed E-state index contributed by atoms with van der Waals surface area (Å²) in [4.78, 5) is 13.0. The molecule has 0 aromatic heterocycles. The molecule has 0 heterocycles. The maximum Gasteiger partial charge on any atom is 0.307 e. The summed E-state index contributed by atoms with van der Waals surface area (Å²) in [7, 11) is 0. The van der Waals surface area contributed by atoms with Gasteiger partial charge in [0.05, 0.1) is 0 Å². The number of hydrogen-bond donors (Lipinski definition) is 0. The lowest BCUT2D eigenvalue weighted by molar-refractivity contribution is -0.153. The summed E-state index contributed by atoms with van der Waals surface area (Å²) in [6.45, 7) is 2.20. The number of hydrogen-bond acceptors (Lipinski definition) is 2. The maximum absolute atomic E-state index is 13.0. The zero-order chi connectivity index (χ0) is 20.4. The SMILES string of the molecule is CCCCCCCC(=O)OC(c1ccccc1)(c1ccccc1)c1ccccc1. The van der Waals surface area contributed by atoms with Gasteiger partial charge in [-0.05, 0) is 6.42 Å². The topological polar surface area (TPSA) is 26.3 Å². The first kappa shape index (κ1) is 20.9.